The fourth-order valence-corrected chi connectivity index (χ4v) is 2.46. The van der Waals surface area contributed by atoms with E-state index in [2.05, 4.69) is 10.1 Å². The molecule has 94 valence electrons. The van der Waals surface area contributed by atoms with Crippen LogP contribution in [-0.4, -0.2) is 14.6 Å². The van der Waals surface area contributed by atoms with Crippen LogP contribution in [0.25, 0.3) is 16.2 Å². The Morgan fingerprint density at radius 3 is 2.61 bits per heavy atom. The summed E-state index contributed by atoms with van der Waals surface area (Å²) in [5.74, 6) is 0. The Labute approximate surface area is 119 Å². The summed E-state index contributed by atoms with van der Waals surface area (Å²) in [6.45, 7) is 0.449. The minimum atomic E-state index is 0. The van der Waals surface area contributed by atoms with E-state index >= 15 is 0 Å². The zero-order valence-electron chi connectivity index (χ0n) is 9.21. The van der Waals surface area contributed by atoms with Crippen molar-refractivity contribution < 1.29 is 0 Å². The first-order chi connectivity index (χ1) is 8.26. The fraction of sp³-hybridized carbons (Fsp3) is 0.0909. The molecule has 0 unspecified atom stereocenters. The van der Waals surface area contributed by atoms with E-state index < -0.39 is 0 Å². The number of halogens is 2. The number of benzene rings is 1. The third kappa shape index (κ3) is 2.35. The topological polar surface area (TPSA) is 56.2 Å². The van der Waals surface area contributed by atoms with Crippen molar-refractivity contribution in [2.24, 2.45) is 5.73 Å². The summed E-state index contributed by atoms with van der Waals surface area (Å²) in [7, 11) is 0. The first-order valence-electron chi connectivity index (χ1n) is 5.07. The zero-order valence-corrected chi connectivity index (χ0v) is 11.6. The van der Waals surface area contributed by atoms with E-state index in [1.165, 1.54) is 11.3 Å². The van der Waals surface area contributed by atoms with Crippen LogP contribution in [0.3, 0.4) is 0 Å². The largest absolute Gasteiger partial charge is 0.324 e. The zero-order chi connectivity index (χ0) is 11.8. The molecule has 0 saturated carbocycles. The van der Waals surface area contributed by atoms with Gasteiger partial charge in [-0.25, -0.2) is 9.50 Å². The van der Waals surface area contributed by atoms with Crippen molar-refractivity contribution >= 4 is 40.3 Å². The molecule has 0 fully saturated rings. The molecule has 3 aromatic rings. The molecule has 2 heterocycles. The van der Waals surface area contributed by atoms with E-state index in [0.29, 0.717) is 6.54 Å². The van der Waals surface area contributed by atoms with Gasteiger partial charge in [-0.15, -0.1) is 12.4 Å². The number of fused-ring (bicyclic) bond motifs is 1. The van der Waals surface area contributed by atoms with Gasteiger partial charge in [0.1, 0.15) is 5.01 Å². The van der Waals surface area contributed by atoms with Crippen LogP contribution in [0.2, 0.25) is 5.02 Å². The van der Waals surface area contributed by atoms with Gasteiger partial charge in [0.05, 0.1) is 11.9 Å². The molecule has 18 heavy (non-hydrogen) atoms. The van der Waals surface area contributed by atoms with Gasteiger partial charge < -0.3 is 5.73 Å². The number of imidazole rings is 1. The molecule has 0 spiro atoms. The Hall–Kier alpha value is -1.14. The normalized spacial score (nSPS) is 10.6. The minimum Gasteiger partial charge on any atom is -0.324 e. The number of hydrogen-bond acceptors (Lipinski definition) is 4. The Morgan fingerprint density at radius 2 is 2.00 bits per heavy atom. The molecule has 3 rings (SSSR count). The third-order valence-electron chi connectivity index (χ3n) is 2.40. The lowest BCUT2D eigenvalue weighted by Crippen LogP contribution is -1.95. The molecule has 0 saturated heterocycles. The fourth-order valence-electron chi connectivity index (χ4n) is 1.58. The Morgan fingerprint density at radius 1 is 1.28 bits per heavy atom. The predicted molar refractivity (Wildman–Crippen MR) is 76.4 cm³/mol. The van der Waals surface area contributed by atoms with Gasteiger partial charge in [-0.1, -0.05) is 35.1 Å². The maximum atomic E-state index is 5.85. The molecule has 0 atom stereocenters. The van der Waals surface area contributed by atoms with Crippen LogP contribution in [-0.2, 0) is 6.54 Å². The van der Waals surface area contributed by atoms with Crippen molar-refractivity contribution in [2.45, 2.75) is 6.54 Å². The molecule has 2 aromatic heterocycles. The van der Waals surface area contributed by atoms with Gasteiger partial charge in [0.15, 0.2) is 0 Å². The van der Waals surface area contributed by atoms with Crippen LogP contribution in [0.5, 0.6) is 0 Å². The summed E-state index contributed by atoms with van der Waals surface area (Å²) in [6.07, 6.45) is 1.90. The highest BCUT2D eigenvalue weighted by molar-refractivity contribution is 7.16. The van der Waals surface area contributed by atoms with Crippen LogP contribution in [0.1, 0.15) is 5.01 Å². The van der Waals surface area contributed by atoms with E-state index in [1.54, 1.807) is 4.52 Å². The van der Waals surface area contributed by atoms with Crippen molar-refractivity contribution in [3.8, 4) is 11.3 Å². The van der Waals surface area contributed by atoms with Gasteiger partial charge in [0.25, 0.3) is 0 Å². The number of nitrogens with two attached hydrogens (primary N) is 1. The number of nitrogens with zero attached hydrogens (tertiary/aromatic N) is 3. The highest BCUT2D eigenvalue weighted by Gasteiger charge is 2.08. The summed E-state index contributed by atoms with van der Waals surface area (Å²) in [5, 5.41) is 5.92. The first-order valence-corrected chi connectivity index (χ1v) is 6.27. The molecule has 1 aromatic carbocycles. The van der Waals surface area contributed by atoms with Gasteiger partial charge in [-0.2, -0.15) is 5.10 Å². The molecule has 0 bridgehead atoms. The Kier molecular flexibility index (Phi) is 3.87. The van der Waals surface area contributed by atoms with Gasteiger partial charge in [0.2, 0.25) is 4.96 Å². The van der Waals surface area contributed by atoms with Gasteiger partial charge in [-0.3, -0.25) is 0 Å². The second-order valence-corrected chi connectivity index (χ2v) is 5.04. The lowest BCUT2D eigenvalue weighted by Gasteiger charge is -1.95. The summed E-state index contributed by atoms with van der Waals surface area (Å²) >= 11 is 7.35. The second-order valence-electron chi connectivity index (χ2n) is 3.56. The van der Waals surface area contributed by atoms with E-state index in [9.17, 15) is 0 Å². The van der Waals surface area contributed by atoms with Crippen molar-refractivity contribution in [1.29, 1.82) is 0 Å². The van der Waals surface area contributed by atoms with E-state index in [0.717, 1.165) is 26.2 Å². The number of aromatic nitrogens is 3. The highest BCUT2D eigenvalue weighted by atomic mass is 35.5. The van der Waals surface area contributed by atoms with E-state index in [4.69, 9.17) is 17.3 Å². The summed E-state index contributed by atoms with van der Waals surface area (Å²) in [6, 6.07) is 7.59. The molecule has 0 aliphatic rings. The molecule has 0 aliphatic heterocycles. The summed E-state index contributed by atoms with van der Waals surface area (Å²) in [4.78, 5) is 5.36. The Balaban J connectivity index is 0.00000120. The maximum Gasteiger partial charge on any atom is 0.212 e. The molecule has 0 amide bonds. The van der Waals surface area contributed by atoms with Crippen molar-refractivity contribution in [3.63, 3.8) is 0 Å². The molecule has 0 aliphatic carbocycles. The van der Waals surface area contributed by atoms with Crippen molar-refractivity contribution in [3.05, 3.63) is 40.5 Å². The van der Waals surface area contributed by atoms with Crippen molar-refractivity contribution in [1.82, 2.24) is 14.6 Å². The highest BCUT2D eigenvalue weighted by Crippen LogP contribution is 2.23. The van der Waals surface area contributed by atoms with Gasteiger partial charge in [0, 0.05) is 17.1 Å². The van der Waals surface area contributed by atoms with Gasteiger partial charge >= 0.3 is 0 Å². The quantitative estimate of drug-likeness (QED) is 0.791. The molecular weight excluding hydrogens is 291 g/mol. The first kappa shape index (κ1) is 13.3. The van der Waals surface area contributed by atoms with Crippen LogP contribution >= 0.6 is 35.3 Å². The monoisotopic (exact) mass is 300 g/mol. The maximum absolute atomic E-state index is 5.85. The predicted octanol–water partition coefficient (Wildman–Crippen LogP) is 2.99. The standard InChI is InChI=1S/C11H9ClN4S.ClH/c12-8-3-1-7(2-4-8)9-6-16-11(14-9)17-10(5-13)15-16;/h1-4,6H,5,13H2;1H. The molecule has 2 N–H and O–H groups in total. The lowest BCUT2D eigenvalue weighted by molar-refractivity contribution is 0.897. The summed E-state index contributed by atoms with van der Waals surface area (Å²) in [5.41, 5.74) is 7.45. The third-order valence-corrected chi connectivity index (χ3v) is 3.60. The smallest absolute Gasteiger partial charge is 0.212 e. The molecular formula is C11H10Cl2N4S. The average molecular weight is 301 g/mol. The van der Waals surface area contributed by atoms with E-state index in [-0.39, 0.29) is 12.4 Å². The lowest BCUT2D eigenvalue weighted by atomic mass is 10.2. The van der Waals surface area contributed by atoms with Crippen LogP contribution in [0.4, 0.5) is 0 Å². The summed E-state index contributed by atoms with van der Waals surface area (Å²) < 4.78 is 1.76. The van der Waals surface area contributed by atoms with Crippen LogP contribution in [0.15, 0.2) is 30.5 Å². The van der Waals surface area contributed by atoms with Gasteiger partial charge in [-0.05, 0) is 12.1 Å². The van der Waals surface area contributed by atoms with Crippen molar-refractivity contribution in [2.75, 3.05) is 0 Å². The van der Waals surface area contributed by atoms with E-state index in [1.807, 2.05) is 30.5 Å². The molecule has 7 heteroatoms. The van der Waals surface area contributed by atoms with Crippen LogP contribution in [0, 0.1) is 0 Å². The Bertz CT molecular complexity index is 628. The minimum absolute atomic E-state index is 0. The number of hydrogen-bond donors (Lipinski definition) is 1. The SMILES string of the molecule is Cl.NCc1nn2cc(-c3ccc(Cl)cc3)nc2s1. The van der Waals surface area contributed by atoms with Crippen LogP contribution < -0.4 is 5.73 Å². The number of rotatable bonds is 2. The molecule has 0 radical (unpaired) electrons. The average Bonchev–Trinajstić information content (AvgIpc) is 2.87. The molecule has 4 nitrogen and oxygen atoms in total. The second kappa shape index (κ2) is 5.24.